The van der Waals surface area contributed by atoms with Crippen molar-refractivity contribution < 1.29 is 29.1 Å². The number of amides is 4. The lowest BCUT2D eigenvalue weighted by Gasteiger charge is -2.25. The van der Waals surface area contributed by atoms with Crippen molar-refractivity contribution in [2.75, 3.05) is 6.54 Å². The number of hydrogen-bond donors (Lipinski definition) is 7. The summed E-state index contributed by atoms with van der Waals surface area (Å²) >= 11 is 0. The zero-order valence-corrected chi connectivity index (χ0v) is 18.3. The lowest BCUT2D eigenvalue weighted by molar-refractivity contribution is -0.142. The van der Waals surface area contributed by atoms with Gasteiger partial charge in [0.1, 0.15) is 18.1 Å². The number of carbonyl (C=O) groups excluding carboxylic acids is 4. The summed E-state index contributed by atoms with van der Waals surface area (Å²) in [6.45, 7) is 5.45. The molecule has 4 amide bonds. The maximum atomic E-state index is 12.7. The van der Waals surface area contributed by atoms with E-state index in [1.54, 1.807) is 0 Å². The van der Waals surface area contributed by atoms with E-state index in [4.69, 9.17) is 17.2 Å². The minimum absolute atomic E-state index is 0.0233. The Morgan fingerprint density at radius 1 is 0.839 bits per heavy atom. The van der Waals surface area contributed by atoms with E-state index in [0.29, 0.717) is 19.4 Å². The van der Waals surface area contributed by atoms with E-state index < -0.39 is 60.2 Å². The van der Waals surface area contributed by atoms with Crippen LogP contribution in [0.25, 0.3) is 0 Å². The molecule has 0 radical (unpaired) electrons. The van der Waals surface area contributed by atoms with Crippen molar-refractivity contribution in [3.8, 4) is 0 Å². The van der Waals surface area contributed by atoms with Gasteiger partial charge in [-0.3, -0.25) is 19.2 Å². The molecule has 0 aromatic rings. The van der Waals surface area contributed by atoms with E-state index in [1.807, 2.05) is 13.8 Å². The van der Waals surface area contributed by atoms with Gasteiger partial charge < -0.3 is 38.3 Å². The number of hydrogen-bond acceptors (Lipinski definition) is 7. The van der Waals surface area contributed by atoms with Crippen molar-refractivity contribution in [3.05, 3.63) is 0 Å². The lowest BCUT2D eigenvalue weighted by atomic mass is 10.0. The standard InChI is InChI=1S/C19H36N6O6/c1-10(2)8-13(17(28)23-12(19(30)31)6-4-5-7-20)25-18(29)14(9-15(22)26)24-16(27)11(3)21/h10-14H,4-9,20-21H2,1-3H3,(H2,22,26)(H,23,28)(H,24,27)(H,25,29)(H,30,31). The number of carbonyl (C=O) groups is 5. The predicted molar refractivity (Wildman–Crippen MR) is 113 cm³/mol. The van der Waals surface area contributed by atoms with Gasteiger partial charge in [-0.25, -0.2) is 4.79 Å². The lowest BCUT2D eigenvalue weighted by Crippen LogP contribution is -2.57. The molecular formula is C19H36N6O6. The molecule has 178 valence electrons. The summed E-state index contributed by atoms with van der Waals surface area (Å²) in [6.07, 6.45) is 1.03. The molecule has 0 aromatic heterocycles. The Balaban J connectivity index is 5.38. The van der Waals surface area contributed by atoms with E-state index >= 15 is 0 Å². The Labute approximate surface area is 182 Å². The largest absolute Gasteiger partial charge is 0.480 e. The summed E-state index contributed by atoms with van der Waals surface area (Å²) in [6, 6.07) is -4.46. The van der Waals surface area contributed by atoms with Crippen LogP contribution in [-0.2, 0) is 24.0 Å². The van der Waals surface area contributed by atoms with Gasteiger partial charge in [-0.15, -0.1) is 0 Å². The molecule has 0 aromatic carbocycles. The third kappa shape index (κ3) is 11.9. The van der Waals surface area contributed by atoms with Crippen molar-refractivity contribution in [2.24, 2.45) is 23.1 Å². The normalized spacial score (nSPS) is 14.8. The minimum Gasteiger partial charge on any atom is -0.480 e. The fourth-order valence-electron chi connectivity index (χ4n) is 2.71. The number of carboxylic acids is 1. The van der Waals surface area contributed by atoms with Crippen LogP contribution >= 0.6 is 0 Å². The second-order valence-corrected chi connectivity index (χ2v) is 7.89. The zero-order valence-electron chi connectivity index (χ0n) is 18.3. The number of aliphatic carboxylic acids is 1. The Bertz CT molecular complexity index is 639. The van der Waals surface area contributed by atoms with Crippen molar-refractivity contribution in [1.29, 1.82) is 0 Å². The number of unbranched alkanes of at least 4 members (excludes halogenated alkanes) is 1. The van der Waals surface area contributed by atoms with Crippen LogP contribution < -0.4 is 33.2 Å². The maximum Gasteiger partial charge on any atom is 0.326 e. The molecule has 12 heteroatoms. The minimum atomic E-state index is -1.32. The molecule has 10 N–H and O–H groups in total. The van der Waals surface area contributed by atoms with Gasteiger partial charge in [0, 0.05) is 0 Å². The first-order valence-electron chi connectivity index (χ1n) is 10.3. The van der Waals surface area contributed by atoms with Crippen LogP contribution in [0.1, 0.15) is 52.9 Å². The van der Waals surface area contributed by atoms with Crippen molar-refractivity contribution >= 4 is 29.6 Å². The molecule has 0 aliphatic heterocycles. The number of primary amides is 1. The first-order chi connectivity index (χ1) is 14.4. The predicted octanol–water partition coefficient (Wildman–Crippen LogP) is -2.08. The monoisotopic (exact) mass is 444 g/mol. The molecule has 0 rings (SSSR count). The fourth-order valence-corrected chi connectivity index (χ4v) is 2.71. The molecule has 0 aliphatic rings. The second-order valence-electron chi connectivity index (χ2n) is 7.89. The highest BCUT2D eigenvalue weighted by atomic mass is 16.4. The Hall–Kier alpha value is -2.73. The Morgan fingerprint density at radius 2 is 1.35 bits per heavy atom. The van der Waals surface area contributed by atoms with Crippen LogP contribution in [0, 0.1) is 5.92 Å². The quantitative estimate of drug-likeness (QED) is 0.139. The third-order valence-corrected chi connectivity index (χ3v) is 4.35. The molecule has 0 spiro atoms. The van der Waals surface area contributed by atoms with E-state index in [-0.39, 0.29) is 18.8 Å². The van der Waals surface area contributed by atoms with Gasteiger partial charge in [-0.05, 0) is 45.1 Å². The van der Waals surface area contributed by atoms with Gasteiger partial charge >= 0.3 is 5.97 Å². The van der Waals surface area contributed by atoms with Crippen LogP contribution in [0.5, 0.6) is 0 Å². The first kappa shape index (κ1) is 28.3. The third-order valence-electron chi connectivity index (χ3n) is 4.35. The molecular weight excluding hydrogens is 408 g/mol. The summed E-state index contributed by atoms with van der Waals surface area (Å²) in [7, 11) is 0. The summed E-state index contributed by atoms with van der Waals surface area (Å²) in [5, 5.41) is 16.6. The summed E-state index contributed by atoms with van der Waals surface area (Å²) in [5.74, 6) is -4.21. The van der Waals surface area contributed by atoms with Crippen LogP contribution in [-0.4, -0.2) is 65.4 Å². The molecule has 0 fully saturated rings. The Morgan fingerprint density at radius 3 is 1.81 bits per heavy atom. The maximum absolute atomic E-state index is 12.7. The van der Waals surface area contributed by atoms with Gasteiger partial charge in [0.15, 0.2) is 0 Å². The van der Waals surface area contributed by atoms with Crippen molar-refractivity contribution in [2.45, 2.75) is 77.0 Å². The van der Waals surface area contributed by atoms with Crippen LogP contribution in [0.4, 0.5) is 0 Å². The van der Waals surface area contributed by atoms with Crippen LogP contribution in [0.2, 0.25) is 0 Å². The van der Waals surface area contributed by atoms with Gasteiger partial charge in [0.05, 0.1) is 12.5 Å². The average Bonchev–Trinajstić information content (AvgIpc) is 2.64. The van der Waals surface area contributed by atoms with Crippen molar-refractivity contribution in [1.82, 2.24) is 16.0 Å². The highest BCUT2D eigenvalue weighted by Crippen LogP contribution is 2.08. The van der Waals surface area contributed by atoms with Gasteiger partial charge in [-0.2, -0.15) is 0 Å². The summed E-state index contributed by atoms with van der Waals surface area (Å²) < 4.78 is 0. The molecule has 12 nitrogen and oxygen atoms in total. The van der Waals surface area contributed by atoms with Gasteiger partial charge in [0.25, 0.3) is 0 Å². The van der Waals surface area contributed by atoms with Crippen LogP contribution in [0.15, 0.2) is 0 Å². The van der Waals surface area contributed by atoms with Gasteiger partial charge in [0.2, 0.25) is 23.6 Å². The second kappa shape index (κ2) is 14.3. The fraction of sp³-hybridized carbons (Fsp3) is 0.737. The molecule has 0 bridgehead atoms. The molecule has 4 unspecified atom stereocenters. The molecule has 31 heavy (non-hydrogen) atoms. The summed E-state index contributed by atoms with van der Waals surface area (Å²) in [4.78, 5) is 60.0. The zero-order chi connectivity index (χ0) is 24.1. The first-order valence-corrected chi connectivity index (χ1v) is 10.3. The number of rotatable bonds is 15. The van der Waals surface area contributed by atoms with Crippen molar-refractivity contribution in [3.63, 3.8) is 0 Å². The smallest absolute Gasteiger partial charge is 0.326 e. The topological polar surface area (TPSA) is 220 Å². The average molecular weight is 445 g/mol. The molecule has 0 saturated heterocycles. The van der Waals surface area contributed by atoms with Gasteiger partial charge in [-0.1, -0.05) is 13.8 Å². The highest BCUT2D eigenvalue weighted by molar-refractivity contribution is 5.96. The van der Waals surface area contributed by atoms with Crippen LogP contribution in [0.3, 0.4) is 0 Å². The number of nitrogens with one attached hydrogen (secondary N) is 3. The molecule has 4 atom stereocenters. The molecule has 0 aliphatic carbocycles. The summed E-state index contributed by atoms with van der Waals surface area (Å²) in [5.41, 5.74) is 16.0. The molecule has 0 heterocycles. The molecule has 0 saturated carbocycles. The van der Waals surface area contributed by atoms with E-state index in [9.17, 15) is 29.1 Å². The number of carboxylic acid groups (broad SMARTS) is 1. The SMILES string of the molecule is CC(C)CC(NC(=O)C(CC(N)=O)NC(=O)C(C)N)C(=O)NC(CCCCN)C(=O)O. The van der Waals surface area contributed by atoms with E-state index in [2.05, 4.69) is 16.0 Å². The van der Waals surface area contributed by atoms with E-state index in [0.717, 1.165) is 0 Å². The number of nitrogens with two attached hydrogens (primary N) is 3. The van der Waals surface area contributed by atoms with E-state index in [1.165, 1.54) is 6.92 Å². The highest BCUT2D eigenvalue weighted by Gasteiger charge is 2.30. The Kier molecular flexibility index (Phi) is 13.0.